The molecule has 100 valence electrons. The third kappa shape index (κ3) is 5.45. The van der Waals surface area contributed by atoms with Gasteiger partial charge in [0.15, 0.2) is 0 Å². The van der Waals surface area contributed by atoms with E-state index in [1.165, 1.54) is 0 Å². The number of amides is 1. The number of alkyl halides is 2. The summed E-state index contributed by atoms with van der Waals surface area (Å²) in [5.74, 6) is -0.311. The quantitative estimate of drug-likeness (QED) is 0.600. The van der Waals surface area contributed by atoms with Crippen molar-refractivity contribution < 1.29 is 18.3 Å². The van der Waals surface area contributed by atoms with Gasteiger partial charge in [-0.25, -0.2) is 8.78 Å². The van der Waals surface area contributed by atoms with Gasteiger partial charge in [-0.1, -0.05) is 11.6 Å². The second-order valence-corrected chi connectivity index (χ2v) is 4.92. The number of hydrogen-bond acceptors (Lipinski definition) is 2. The zero-order chi connectivity index (χ0) is 13.5. The number of benzene rings is 1. The van der Waals surface area contributed by atoms with Crippen molar-refractivity contribution in [1.82, 2.24) is 5.32 Å². The van der Waals surface area contributed by atoms with Gasteiger partial charge in [-0.3, -0.25) is 4.79 Å². The van der Waals surface area contributed by atoms with Crippen molar-refractivity contribution in [2.75, 3.05) is 19.8 Å². The lowest BCUT2D eigenvalue weighted by molar-refractivity contribution is 0.0188. The van der Waals surface area contributed by atoms with Gasteiger partial charge in [0.1, 0.15) is 6.61 Å². The molecular formula is C11H11ClF2INO2. The topological polar surface area (TPSA) is 38.3 Å². The van der Waals surface area contributed by atoms with Gasteiger partial charge in [-0.05, 0) is 40.8 Å². The molecule has 1 aromatic carbocycles. The molecule has 0 aromatic heterocycles. The van der Waals surface area contributed by atoms with Gasteiger partial charge in [-0.15, -0.1) is 0 Å². The second-order valence-electron chi connectivity index (χ2n) is 3.35. The van der Waals surface area contributed by atoms with E-state index < -0.39 is 13.0 Å². The van der Waals surface area contributed by atoms with E-state index in [1.807, 2.05) is 0 Å². The van der Waals surface area contributed by atoms with Crippen molar-refractivity contribution in [3.63, 3.8) is 0 Å². The van der Waals surface area contributed by atoms with E-state index in [2.05, 4.69) is 32.6 Å². The summed E-state index contributed by atoms with van der Waals surface area (Å²) in [6.07, 6.45) is -2.49. The van der Waals surface area contributed by atoms with E-state index in [1.54, 1.807) is 18.2 Å². The summed E-state index contributed by atoms with van der Waals surface area (Å²) in [4.78, 5) is 11.6. The van der Waals surface area contributed by atoms with Gasteiger partial charge in [0.25, 0.3) is 12.3 Å². The molecule has 0 aliphatic heterocycles. The molecule has 3 nitrogen and oxygen atoms in total. The Morgan fingerprint density at radius 3 is 2.83 bits per heavy atom. The Bertz CT molecular complexity index is 418. The summed E-state index contributed by atoms with van der Waals surface area (Å²) < 4.78 is 29.0. The standard InChI is InChI=1S/C11H11ClF2INO2/c12-8-5-7(1-2-9(8)15)11(17)16-3-4-18-6-10(13)14/h1-2,5,10H,3-4,6H2,(H,16,17). The van der Waals surface area contributed by atoms with Crippen LogP contribution in [-0.2, 0) is 4.74 Å². The summed E-state index contributed by atoms with van der Waals surface area (Å²) in [5, 5.41) is 3.05. The third-order valence-corrected chi connectivity index (χ3v) is 3.53. The highest BCUT2D eigenvalue weighted by molar-refractivity contribution is 14.1. The highest BCUT2D eigenvalue weighted by atomic mass is 127. The minimum absolute atomic E-state index is 0.0498. The number of halogens is 4. The molecule has 18 heavy (non-hydrogen) atoms. The molecule has 0 saturated heterocycles. The minimum atomic E-state index is -2.49. The Balaban J connectivity index is 2.34. The first-order chi connectivity index (χ1) is 8.50. The number of carbonyl (C=O) groups is 1. The van der Waals surface area contributed by atoms with Crippen LogP contribution in [0.1, 0.15) is 10.4 Å². The van der Waals surface area contributed by atoms with Crippen molar-refractivity contribution in [1.29, 1.82) is 0 Å². The van der Waals surface area contributed by atoms with Crippen LogP contribution in [0.3, 0.4) is 0 Å². The van der Waals surface area contributed by atoms with E-state index in [0.29, 0.717) is 10.6 Å². The zero-order valence-electron chi connectivity index (χ0n) is 9.26. The number of ether oxygens (including phenoxy) is 1. The van der Waals surface area contributed by atoms with Crippen LogP contribution in [0.2, 0.25) is 5.02 Å². The first-order valence-corrected chi connectivity index (χ1v) is 6.55. The van der Waals surface area contributed by atoms with Crippen LogP contribution in [0, 0.1) is 3.57 Å². The molecular weight excluding hydrogens is 378 g/mol. The Hall–Kier alpha value is -0.470. The Kier molecular flexibility index (Phi) is 6.80. The monoisotopic (exact) mass is 389 g/mol. The number of rotatable bonds is 6. The number of nitrogens with one attached hydrogen (secondary N) is 1. The van der Waals surface area contributed by atoms with Crippen LogP contribution in [0.15, 0.2) is 18.2 Å². The highest BCUT2D eigenvalue weighted by Gasteiger charge is 2.07. The van der Waals surface area contributed by atoms with E-state index in [-0.39, 0.29) is 19.1 Å². The first kappa shape index (κ1) is 15.6. The fourth-order valence-electron chi connectivity index (χ4n) is 1.15. The molecule has 0 fully saturated rings. The van der Waals surface area contributed by atoms with Crippen molar-refractivity contribution in [3.8, 4) is 0 Å². The molecule has 0 unspecified atom stereocenters. The molecule has 0 bridgehead atoms. The van der Waals surface area contributed by atoms with Crippen LogP contribution in [-0.4, -0.2) is 32.1 Å². The maximum Gasteiger partial charge on any atom is 0.261 e. The Morgan fingerprint density at radius 2 is 2.22 bits per heavy atom. The smallest absolute Gasteiger partial charge is 0.261 e. The lowest BCUT2D eigenvalue weighted by Crippen LogP contribution is -2.27. The predicted octanol–water partition coefficient (Wildman–Crippen LogP) is 2.96. The molecule has 1 rings (SSSR count). The minimum Gasteiger partial charge on any atom is -0.374 e. The molecule has 1 aromatic rings. The third-order valence-electron chi connectivity index (χ3n) is 1.96. The molecule has 0 atom stereocenters. The lowest BCUT2D eigenvalue weighted by Gasteiger charge is -2.07. The van der Waals surface area contributed by atoms with E-state index in [4.69, 9.17) is 11.6 Å². The van der Waals surface area contributed by atoms with Gasteiger partial charge in [-0.2, -0.15) is 0 Å². The summed E-state index contributed by atoms with van der Waals surface area (Å²) >= 11 is 7.94. The van der Waals surface area contributed by atoms with Crippen LogP contribution in [0.4, 0.5) is 8.78 Å². The molecule has 7 heteroatoms. The summed E-state index contributed by atoms with van der Waals surface area (Å²) in [6.45, 7) is -0.394. The molecule has 0 spiro atoms. The predicted molar refractivity (Wildman–Crippen MR) is 73.3 cm³/mol. The van der Waals surface area contributed by atoms with Gasteiger partial charge in [0.2, 0.25) is 0 Å². The SMILES string of the molecule is O=C(NCCOCC(F)F)c1ccc(I)c(Cl)c1. The number of hydrogen-bond donors (Lipinski definition) is 1. The second kappa shape index (κ2) is 7.85. The van der Waals surface area contributed by atoms with Crippen molar-refractivity contribution in [2.24, 2.45) is 0 Å². The van der Waals surface area contributed by atoms with Crippen LogP contribution < -0.4 is 5.32 Å². The fourth-order valence-corrected chi connectivity index (χ4v) is 1.66. The molecule has 0 saturated carbocycles. The van der Waals surface area contributed by atoms with E-state index in [0.717, 1.165) is 3.57 Å². The van der Waals surface area contributed by atoms with Crippen LogP contribution in [0.5, 0.6) is 0 Å². The molecule has 1 N–H and O–H groups in total. The Labute approximate surface area is 122 Å². The molecule has 0 radical (unpaired) electrons. The molecule has 0 aliphatic carbocycles. The maximum atomic E-state index is 11.7. The van der Waals surface area contributed by atoms with Gasteiger partial charge in [0, 0.05) is 15.7 Å². The summed E-state index contributed by atoms with van der Waals surface area (Å²) in [7, 11) is 0. The zero-order valence-corrected chi connectivity index (χ0v) is 12.2. The highest BCUT2D eigenvalue weighted by Crippen LogP contribution is 2.19. The molecule has 0 aliphatic rings. The normalized spacial score (nSPS) is 10.7. The maximum absolute atomic E-state index is 11.7. The van der Waals surface area contributed by atoms with Crippen molar-refractivity contribution in [3.05, 3.63) is 32.4 Å². The van der Waals surface area contributed by atoms with Crippen LogP contribution in [0.25, 0.3) is 0 Å². The largest absolute Gasteiger partial charge is 0.374 e. The van der Waals surface area contributed by atoms with Gasteiger partial charge < -0.3 is 10.1 Å². The van der Waals surface area contributed by atoms with Gasteiger partial charge >= 0.3 is 0 Å². The van der Waals surface area contributed by atoms with Crippen molar-refractivity contribution >= 4 is 40.1 Å². The fraction of sp³-hybridized carbons (Fsp3) is 0.364. The average Bonchev–Trinajstić information content (AvgIpc) is 2.31. The average molecular weight is 390 g/mol. The van der Waals surface area contributed by atoms with Gasteiger partial charge in [0.05, 0.1) is 11.6 Å². The van der Waals surface area contributed by atoms with E-state index >= 15 is 0 Å². The number of carbonyl (C=O) groups excluding carboxylic acids is 1. The van der Waals surface area contributed by atoms with Crippen LogP contribution >= 0.6 is 34.2 Å². The van der Waals surface area contributed by atoms with Crippen molar-refractivity contribution in [2.45, 2.75) is 6.43 Å². The lowest BCUT2D eigenvalue weighted by atomic mass is 10.2. The Morgan fingerprint density at radius 1 is 1.50 bits per heavy atom. The summed E-state index contributed by atoms with van der Waals surface area (Å²) in [6, 6.07) is 4.92. The summed E-state index contributed by atoms with van der Waals surface area (Å²) in [5.41, 5.74) is 0.425. The molecule has 0 heterocycles. The first-order valence-electron chi connectivity index (χ1n) is 5.10. The van der Waals surface area contributed by atoms with E-state index in [9.17, 15) is 13.6 Å². The molecule has 1 amide bonds.